The molecule has 2 atom stereocenters. The van der Waals surface area contributed by atoms with Crippen molar-refractivity contribution in [2.75, 3.05) is 0 Å². The van der Waals surface area contributed by atoms with Crippen LogP contribution in [0.5, 0.6) is 5.75 Å². The molecular weight excluding hydrogens is 274 g/mol. The molecule has 0 bridgehead atoms. The van der Waals surface area contributed by atoms with Crippen molar-refractivity contribution >= 4 is 11.6 Å². The number of rotatable bonds is 1. The van der Waals surface area contributed by atoms with Crippen molar-refractivity contribution < 1.29 is 9.84 Å². The van der Waals surface area contributed by atoms with Crippen molar-refractivity contribution in [3.63, 3.8) is 0 Å². The maximum atomic E-state index is 11.3. The Balaban J connectivity index is 2.34. The largest absolute Gasteiger partial charge is 0.487 e. The van der Waals surface area contributed by atoms with Gasteiger partial charge in [0.2, 0.25) is 0 Å². The first-order valence-electron chi connectivity index (χ1n) is 6.53. The molecule has 0 spiro atoms. The Morgan fingerprint density at radius 2 is 1.90 bits per heavy atom. The molecular formula is C16H16ClNO2. The van der Waals surface area contributed by atoms with Crippen LogP contribution >= 0.6 is 11.6 Å². The summed E-state index contributed by atoms with van der Waals surface area (Å²) in [5, 5.41) is 11.8. The third-order valence-electron chi connectivity index (χ3n) is 3.84. The summed E-state index contributed by atoms with van der Waals surface area (Å²) < 4.78 is 5.80. The predicted molar refractivity (Wildman–Crippen MR) is 78.9 cm³/mol. The summed E-state index contributed by atoms with van der Waals surface area (Å²) in [4.78, 5) is 0. The Morgan fingerprint density at radius 3 is 2.65 bits per heavy atom. The van der Waals surface area contributed by atoms with Crippen molar-refractivity contribution in [1.82, 2.24) is 0 Å². The molecule has 1 heterocycles. The van der Waals surface area contributed by atoms with Gasteiger partial charge in [-0.15, -0.1) is 0 Å². The summed E-state index contributed by atoms with van der Waals surface area (Å²) in [6.07, 6.45) is 0. The van der Waals surface area contributed by atoms with E-state index in [1.165, 1.54) is 0 Å². The zero-order valence-electron chi connectivity index (χ0n) is 11.1. The highest BCUT2D eigenvalue weighted by Gasteiger charge is 2.41. The number of hydrogen-bond acceptors (Lipinski definition) is 3. The van der Waals surface area contributed by atoms with Gasteiger partial charge in [-0.25, -0.2) is 0 Å². The molecule has 3 N–H and O–H groups in total. The number of fused-ring (bicyclic) bond motifs is 2. The minimum Gasteiger partial charge on any atom is -0.487 e. The Hall–Kier alpha value is -1.55. The fourth-order valence-corrected chi connectivity index (χ4v) is 2.99. The Morgan fingerprint density at radius 1 is 1.20 bits per heavy atom. The summed E-state index contributed by atoms with van der Waals surface area (Å²) in [6.45, 7) is 2.15. The monoisotopic (exact) mass is 289 g/mol. The third-order valence-corrected chi connectivity index (χ3v) is 4.13. The van der Waals surface area contributed by atoms with E-state index in [1.807, 2.05) is 30.3 Å². The molecule has 1 aliphatic rings. The van der Waals surface area contributed by atoms with Gasteiger partial charge in [-0.05, 0) is 24.1 Å². The molecule has 2 unspecified atom stereocenters. The van der Waals surface area contributed by atoms with Gasteiger partial charge in [0.05, 0.1) is 5.02 Å². The summed E-state index contributed by atoms with van der Waals surface area (Å²) in [5.74, 6) is 0.505. The molecule has 3 rings (SSSR count). The molecule has 104 valence electrons. The lowest BCUT2D eigenvalue weighted by atomic mass is 9.79. The van der Waals surface area contributed by atoms with Crippen molar-refractivity contribution in [3.05, 3.63) is 64.2 Å². The highest BCUT2D eigenvalue weighted by molar-refractivity contribution is 6.32. The number of nitrogens with two attached hydrogens (primary N) is 1. The van der Waals surface area contributed by atoms with E-state index in [0.29, 0.717) is 22.9 Å². The van der Waals surface area contributed by atoms with Gasteiger partial charge in [0, 0.05) is 11.6 Å². The molecule has 2 aromatic rings. The second-order valence-corrected chi connectivity index (χ2v) is 5.52. The molecule has 0 saturated carbocycles. The number of hydrogen-bond donors (Lipinski definition) is 2. The Kier molecular flexibility index (Phi) is 3.21. The molecule has 0 amide bonds. The van der Waals surface area contributed by atoms with Gasteiger partial charge in [0.25, 0.3) is 0 Å². The average molecular weight is 290 g/mol. The number of para-hydroxylation sites is 1. The molecule has 1 aliphatic heterocycles. The van der Waals surface area contributed by atoms with E-state index in [4.69, 9.17) is 22.1 Å². The van der Waals surface area contributed by atoms with Gasteiger partial charge in [0.1, 0.15) is 18.0 Å². The van der Waals surface area contributed by atoms with Crippen LogP contribution in [0.1, 0.15) is 23.6 Å². The van der Waals surface area contributed by atoms with Crippen LogP contribution in [0.2, 0.25) is 5.02 Å². The van der Waals surface area contributed by atoms with E-state index in [0.717, 1.165) is 11.1 Å². The quantitative estimate of drug-likeness (QED) is 0.849. The molecule has 0 aliphatic carbocycles. The maximum Gasteiger partial charge on any atom is 0.144 e. The number of aliphatic hydroxyl groups is 1. The normalized spacial score (nSPS) is 22.2. The summed E-state index contributed by atoms with van der Waals surface area (Å²) in [6, 6.07) is 12.5. The van der Waals surface area contributed by atoms with Gasteiger partial charge in [-0.3, -0.25) is 0 Å². The third kappa shape index (κ3) is 1.82. The molecule has 0 saturated heterocycles. The average Bonchev–Trinajstić information content (AvgIpc) is 2.57. The molecule has 0 radical (unpaired) electrons. The molecule has 0 aromatic heterocycles. The Bertz CT molecular complexity index is 657. The van der Waals surface area contributed by atoms with Gasteiger partial charge in [0.15, 0.2) is 0 Å². The van der Waals surface area contributed by atoms with Gasteiger partial charge in [-0.2, -0.15) is 0 Å². The van der Waals surface area contributed by atoms with Crippen LogP contribution in [0.25, 0.3) is 0 Å². The summed E-state index contributed by atoms with van der Waals surface area (Å²) in [7, 11) is 0. The highest BCUT2D eigenvalue weighted by atomic mass is 35.5. The van der Waals surface area contributed by atoms with Crippen LogP contribution in [-0.2, 0) is 12.2 Å². The molecule has 4 heteroatoms. The SMILES string of the molecule is CC(N)C1(O)c2ccccc2COc2c(Cl)cccc21. The first-order valence-corrected chi connectivity index (χ1v) is 6.91. The van der Waals surface area contributed by atoms with E-state index >= 15 is 0 Å². The maximum absolute atomic E-state index is 11.3. The minimum absolute atomic E-state index is 0.363. The molecule has 0 fully saturated rings. The topological polar surface area (TPSA) is 55.5 Å². The van der Waals surface area contributed by atoms with Crippen LogP contribution in [0, 0.1) is 0 Å². The van der Waals surface area contributed by atoms with Crippen molar-refractivity contribution in [2.24, 2.45) is 5.73 Å². The second-order valence-electron chi connectivity index (χ2n) is 5.12. The van der Waals surface area contributed by atoms with E-state index in [9.17, 15) is 5.11 Å². The smallest absolute Gasteiger partial charge is 0.144 e. The number of benzene rings is 2. The van der Waals surface area contributed by atoms with E-state index in [2.05, 4.69) is 0 Å². The lowest BCUT2D eigenvalue weighted by molar-refractivity contribution is 0.0572. The van der Waals surface area contributed by atoms with Gasteiger partial charge < -0.3 is 15.6 Å². The highest BCUT2D eigenvalue weighted by Crippen LogP contribution is 2.44. The first kappa shape index (κ1) is 13.4. The van der Waals surface area contributed by atoms with Crippen molar-refractivity contribution in [1.29, 1.82) is 0 Å². The lowest BCUT2D eigenvalue weighted by Gasteiger charge is -2.33. The van der Waals surface area contributed by atoms with Crippen molar-refractivity contribution in [3.8, 4) is 5.75 Å². The summed E-state index contributed by atoms with van der Waals surface area (Å²) >= 11 is 6.21. The van der Waals surface area contributed by atoms with Crippen LogP contribution in [-0.4, -0.2) is 11.1 Å². The fraction of sp³-hybridized carbons (Fsp3) is 0.250. The standard InChI is InChI=1S/C16H16ClNO2/c1-10(18)16(19)12-6-3-2-5-11(12)9-20-15-13(16)7-4-8-14(15)17/h2-8,10,19H,9,18H2,1H3. The zero-order chi connectivity index (χ0) is 14.3. The van der Waals surface area contributed by atoms with Gasteiger partial charge >= 0.3 is 0 Å². The van der Waals surface area contributed by atoms with Crippen LogP contribution in [0.4, 0.5) is 0 Å². The number of ether oxygens (including phenoxy) is 1. The zero-order valence-corrected chi connectivity index (χ0v) is 11.9. The fourth-order valence-electron chi connectivity index (χ4n) is 2.76. The van der Waals surface area contributed by atoms with E-state index < -0.39 is 11.6 Å². The molecule has 3 nitrogen and oxygen atoms in total. The molecule has 2 aromatic carbocycles. The lowest BCUT2D eigenvalue weighted by Crippen LogP contribution is -2.44. The van der Waals surface area contributed by atoms with Crippen LogP contribution < -0.4 is 10.5 Å². The number of halogens is 1. The van der Waals surface area contributed by atoms with Crippen molar-refractivity contribution in [2.45, 2.75) is 25.2 Å². The second kappa shape index (κ2) is 4.77. The van der Waals surface area contributed by atoms with E-state index in [1.54, 1.807) is 19.1 Å². The minimum atomic E-state index is -1.31. The van der Waals surface area contributed by atoms with E-state index in [-0.39, 0.29) is 0 Å². The Labute approximate surface area is 122 Å². The first-order chi connectivity index (χ1) is 9.55. The van der Waals surface area contributed by atoms with Gasteiger partial charge in [-0.1, -0.05) is 48.0 Å². The summed E-state index contributed by atoms with van der Waals surface area (Å²) in [5.41, 5.74) is 7.10. The van der Waals surface area contributed by atoms with Crippen LogP contribution in [0.15, 0.2) is 42.5 Å². The van der Waals surface area contributed by atoms with Crippen LogP contribution in [0.3, 0.4) is 0 Å². The predicted octanol–water partition coefficient (Wildman–Crippen LogP) is 2.82. The molecule has 20 heavy (non-hydrogen) atoms.